The van der Waals surface area contributed by atoms with Crippen LogP contribution in [0.15, 0.2) is 23.1 Å². The fourth-order valence-electron chi connectivity index (χ4n) is 2.53. The highest BCUT2D eigenvalue weighted by Crippen LogP contribution is 2.32. The first-order valence-electron chi connectivity index (χ1n) is 7.84. The van der Waals surface area contributed by atoms with E-state index in [0.29, 0.717) is 22.9 Å². The molecular formula is C16H17N3O5S2. The van der Waals surface area contributed by atoms with Gasteiger partial charge >= 0.3 is 0 Å². The molecule has 1 aliphatic rings. The third-order valence-corrected chi connectivity index (χ3v) is 6.19. The Labute approximate surface area is 154 Å². The second-order valence-electron chi connectivity index (χ2n) is 5.74. The van der Waals surface area contributed by atoms with Gasteiger partial charge in [0.25, 0.3) is 21.8 Å². The summed E-state index contributed by atoms with van der Waals surface area (Å²) < 4.78 is 32.6. The molecule has 2 amide bonds. The molecule has 1 aromatic carbocycles. The van der Waals surface area contributed by atoms with Gasteiger partial charge in [0.15, 0.2) is 6.10 Å². The Morgan fingerprint density at radius 1 is 1.38 bits per heavy atom. The van der Waals surface area contributed by atoms with E-state index in [0.717, 1.165) is 11.3 Å². The molecule has 1 atom stereocenters. The predicted molar refractivity (Wildman–Crippen MR) is 96.0 cm³/mol. The molecule has 2 aromatic rings. The molecule has 0 aliphatic carbocycles. The average molecular weight is 395 g/mol. The number of sulfonamides is 1. The highest BCUT2D eigenvalue weighted by molar-refractivity contribution is 7.90. The van der Waals surface area contributed by atoms with Crippen LogP contribution in [0, 0.1) is 13.8 Å². The molecule has 0 unspecified atom stereocenters. The quantitative estimate of drug-likeness (QED) is 0.818. The first-order chi connectivity index (χ1) is 12.2. The maximum absolute atomic E-state index is 12.5. The number of hydrogen-bond donors (Lipinski definition) is 2. The van der Waals surface area contributed by atoms with Crippen molar-refractivity contribution >= 4 is 38.9 Å². The van der Waals surface area contributed by atoms with E-state index in [1.807, 2.05) is 11.6 Å². The third-order valence-electron chi connectivity index (χ3n) is 3.79. The Balaban J connectivity index is 1.86. The van der Waals surface area contributed by atoms with Gasteiger partial charge in [-0.05, 0) is 38.5 Å². The summed E-state index contributed by atoms with van der Waals surface area (Å²) >= 11 is 1.12. The second-order valence-corrected chi connectivity index (χ2v) is 8.63. The zero-order chi connectivity index (χ0) is 19.1. The number of nitrogens with zero attached hydrogens (tertiary/aromatic N) is 1. The fourth-order valence-corrected chi connectivity index (χ4v) is 4.40. The molecule has 0 spiro atoms. The van der Waals surface area contributed by atoms with Gasteiger partial charge in [0.05, 0.1) is 21.3 Å². The van der Waals surface area contributed by atoms with Crippen LogP contribution in [0.25, 0.3) is 0 Å². The maximum atomic E-state index is 12.5. The second kappa shape index (κ2) is 6.69. The van der Waals surface area contributed by atoms with Gasteiger partial charge in [-0.15, -0.1) is 11.3 Å². The first-order valence-corrected chi connectivity index (χ1v) is 10.1. The smallest absolute Gasteiger partial charge is 0.276 e. The van der Waals surface area contributed by atoms with Gasteiger partial charge in [-0.25, -0.2) is 18.1 Å². The van der Waals surface area contributed by atoms with Crippen molar-refractivity contribution in [2.24, 2.45) is 0 Å². The number of aryl methyl sites for hydroxylation is 2. The van der Waals surface area contributed by atoms with Gasteiger partial charge in [0.1, 0.15) is 10.6 Å². The molecule has 1 aromatic heterocycles. The summed E-state index contributed by atoms with van der Waals surface area (Å²) in [7, 11) is -4.11. The standard InChI is InChI=1S/C16H17N3O5S2/c1-4-12-15(20)18-11-7-10(5-6-13(11)24-12)26(22,23)19-16(21)14-8(2)17-9(3)25-14/h5-7,12H,4H2,1-3H3,(H,18,20)(H,19,21)/t12-/m1/s1. The molecule has 10 heteroatoms. The Bertz CT molecular complexity index is 997. The van der Waals surface area contributed by atoms with Crippen LogP contribution in [0.3, 0.4) is 0 Å². The van der Waals surface area contributed by atoms with Crippen LogP contribution in [0.1, 0.15) is 33.7 Å². The van der Waals surface area contributed by atoms with Crippen LogP contribution < -0.4 is 14.8 Å². The monoisotopic (exact) mass is 395 g/mol. The van der Waals surface area contributed by atoms with Crippen molar-refractivity contribution < 1.29 is 22.7 Å². The van der Waals surface area contributed by atoms with Crippen LogP contribution >= 0.6 is 11.3 Å². The van der Waals surface area contributed by atoms with Crippen molar-refractivity contribution in [3.63, 3.8) is 0 Å². The third kappa shape index (κ3) is 3.42. The van der Waals surface area contributed by atoms with Crippen LogP contribution in [0.5, 0.6) is 5.75 Å². The maximum Gasteiger partial charge on any atom is 0.276 e. The molecule has 8 nitrogen and oxygen atoms in total. The number of carbonyl (C=O) groups excluding carboxylic acids is 2. The van der Waals surface area contributed by atoms with Crippen molar-refractivity contribution in [3.8, 4) is 5.75 Å². The number of hydrogen-bond acceptors (Lipinski definition) is 7. The topological polar surface area (TPSA) is 114 Å². The lowest BCUT2D eigenvalue weighted by molar-refractivity contribution is -0.123. The average Bonchev–Trinajstić information content (AvgIpc) is 2.91. The Kier molecular flexibility index (Phi) is 4.72. The van der Waals surface area contributed by atoms with Crippen molar-refractivity contribution in [1.82, 2.24) is 9.71 Å². The predicted octanol–water partition coefficient (Wildman–Crippen LogP) is 1.99. The van der Waals surface area contributed by atoms with E-state index in [1.54, 1.807) is 13.8 Å². The highest BCUT2D eigenvalue weighted by atomic mass is 32.2. The summed E-state index contributed by atoms with van der Waals surface area (Å²) in [6.45, 7) is 5.19. The minimum absolute atomic E-state index is 0.151. The summed E-state index contributed by atoms with van der Waals surface area (Å²) in [5.41, 5.74) is 0.719. The number of fused-ring (bicyclic) bond motifs is 1. The van der Waals surface area contributed by atoms with E-state index in [9.17, 15) is 18.0 Å². The number of rotatable bonds is 4. The molecule has 0 fully saturated rings. The number of nitrogens with one attached hydrogen (secondary N) is 2. The summed E-state index contributed by atoms with van der Waals surface area (Å²) in [5, 5.41) is 3.29. The van der Waals surface area contributed by atoms with E-state index < -0.39 is 22.0 Å². The molecular weight excluding hydrogens is 378 g/mol. The van der Waals surface area contributed by atoms with E-state index in [4.69, 9.17) is 4.74 Å². The summed E-state index contributed by atoms with van der Waals surface area (Å²) in [5.74, 6) is -0.692. The molecule has 1 aliphatic heterocycles. The Morgan fingerprint density at radius 3 is 2.73 bits per heavy atom. The van der Waals surface area contributed by atoms with Gasteiger partial charge in [-0.3, -0.25) is 9.59 Å². The lowest BCUT2D eigenvalue weighted by Crippen LogP contribution is -2.36. The number of carbonyl (C=O) groups is 2. The number of aromatic nitrogens is 1. The van der Waals surface area contributed by atoms with E-state index >= 15 is 0 Å². The molecule has 2 heterocycles. The molecule has 0 saturated heterocycles. The SMILES string of the molecule is CC[C@H]1Oc2ccc(S(=O)(=O)NC(=O)c3sc(C)nc3C)cc2NC1=O. The van der Waals surface area contributed by atoms with E-state index in [2.05, 4.69) is 10.3 Å². The fraction of sp³-hybridized carbons (Fsp3) is 0.312. The lowest BCUT2D eigenvalue weighted by atomic mass is 10.2. The summed E-state index contributed by atoms with van der Waals surface area (Å²) in [6, 6.07) is 4.04. The molecule has 0 saturated carbocycles. The number of anilines is 1. The molecule has 3 rings (SSSR count). The van der Waals surface area contributed by atoms with Crippen LogP contribution in [-0.4, -0.2) is 31.3 Å². The first kappa shape index (κ1) is 18.3. The van der Waals surface area contributed by atoms with Crippen molar-refractivity contribution in [2.75, 3.05) is 5.32 Å². The molecule has 2 N–H and O–H groups in total. The minimum Gasteiger partial charge on any atom is -0.478 e. The van der Waals surface area contributed by atoms with Crippen LogP contribution in [-0.2, 0) is 14.8 Å². The van der Waals surface area contributed by atoms with Crippen LogP contribution in [0.2, 0.25) is 0 Å². The van der Waals surface area contributed by atoms with Gasteiger partial charge in [0.2, 0.25) is 0 Å². The summed E-state index contributed by atoms with van der Waals surface area (Å²) in [4.78, 5) is 28.4. The highest BCUT2D eigenvalue weighted by Gasteiger charge is 2.28. The van der Waals surface area contributed by atoms with Crippen LogP contribution in [0.4, 0.5) is 5.69 Å². The van der Waals surface area contributed by atoms with Gasteiger partial charge in [-0.2, -0.15) is 0 Å². The minimum atomic E-state index is -4.11. The largest absolute Gasteiger partial charge is 0.478 e. The normalized spacial score (nSPS) is 16.4. The lowest BCUT2D eigenvalue weighted by Gasteiger charge is -2.25. The van der Waals surface area contributed by atoms with Gasteiger partial charge in [0, 0.05) is 0 Å². The van der Waals surface area contributed by atoms with Gasteiger partial charge < -0.3 is 10.1 Å². The van der Waals surface area contributed by atoms with Gasteiger partial charge in [-0.1, -0.05) is 6.92 Å². The molecule has 0 radical (unpaired) electrons. The van der Waals surface area contributed by atoms with E-state index in [1.165, 1.54) is 18.2 Å². The Hall–Kier alpha value is -2.46. The molecule has 138 valence electrons. The molecule has 26 heavy (non-hydrogen) atoms. The van der Waals surface area contributed by atoms with Crippen molar-refractivity contribution in [3.05, 3.63) is 33.8 Å². The van der Waals surface area contributed by atoms with E-state index in [-0.39, 0.29) is 21.4 Å². The zero-order valence-electron chi connectivity index (χ0n) is 14.3. The van der Waals surface area contributed by atoms with Crippen molar-refractivity contribution in [1.29, 1.82) is 0 Å². The number of thiazole rings is 1. The molecule has 0 bridgehead atoms. The number of benzene rings is 1. The number of ether oxygens (including phenoxy) is 1. The summed E-state index contributed by atoms with van der Waals surface area (Å²) in [6.07, 6.45) is -0.114. The Morgan fingerprint density at radius 2 is 2.12 bits per heavy atom. The number of amides is 2. The van der Waals surface area contributed by atoms with Crippen molar-refractivity contribution in [2.45, 2.75) is 38.2 Å². The zero-order valence-corrected chi connectivity index (χ0v) is 16.0.